The summed E-state index contributed by atoms with van der Waals surface area (Å²) in [5, 5.41) is 0. The lowest BCUT2D eigenvalue weighted by atomic mass is 10.0. The summed E-state index contributed by atoms with van der Waals surface area (Å²) in [6.07, 6.45) is 3.63. The van der Waals surface area contributed by atoms with Gasteiger partial charge in [-0.3, -0.25) is 0 Å². The number of nitrogens with zero attached hydrogens (tertiary/aromatic N) is 1. The molecule has 0 fully saturated rings. The van der Waals surface area contributed by atoms with Crippen LogP contribution in [-0.4, -0.2) is 12.1 Å². The summed E-state index contributed by atoms with van der Waals surface area (Å²) in [6.45, 7) is 2.22. The fourth-order valence-electron chi connectivity index (χ4n) is 2.03. The van der Waals surface area contributed by atoms with Crippen molar-refractivity contribution in [2.45, 2.75) is 32.1 Å². The van der Waals surface area contributed by atoms with Crippen LogP contribution in [0.4, 0.5) is 0 Å². The second-order valence-corrected chi connectivity index (χ2v) is 3.54. The Labute approximate surface area is 78.9 Å². The second-order valence-electron chi connectivity index (χ2n) is 3.54. The van der Waals surface area contributed by atoms with Crippen LogP contribution in [-0.2, 0) is 6.42 Å². The largest absolute Gasteiger partial charge is 0.481 e. The third kappa shape index (κ3) is 1.41. The van der Waals surface area contributed by atoms with Crippen molar-refractivity contribution in [3.05, 3.63) is 23.4 Å². The zero-order valence-electron chi connectivity index (χ0n) is 8.21. The molecule has 1 aromatic rings. The van der Waals surface area contributed by atoms with E-state index in [1.165, 1.54) is 30.5 Å². The average Bonchev–Trinajstić information content (AvgIpc) is 2.59. The molecule has 0 aliphatic heterocycles. The number of hydrogen-bond acceptors (Lipinski definition) is 2. The predicted octanol–water partition coefficient (Wildman–Crippen LogP) is 2.53. The summed E-state index contributed by atoms with van der Waals surface area (Å²) in [5.74, 6) is 1.41. The normalized spacial score (nSPS) is 20.0. The van der Waals surface area contributed by atoms with E-state index in [1.54, 1.807) is 7.11 Å². The maximum atomic E-state index is 5.12. The monoisotopic (exact) mass is 177 g/mol. The standard InChI is InChI=1S/C11H15NO/c1-3-8-4-5-9-6-7-10(13-2)12-11(8)9/h6-8H,3-5H2,1-2H3/t8-/m0/s1. The first-order valence-electron chi connectivity index (χ1n) is 4.89. The molecule has 70 valence electrons. The highest BCUT2D eigenvalue weighted by atomic mass is 16.5. The van der Waals surface area contributed by atoms with Gasteiger partial charge in [-0.1, -0.05) is 13.0 Å². The molecule has 0 aromatic carbocycles. The first-order chi connectivity index (χ1) is 6.35. The van der Waals surface area contributed by atoms with Crippen molar-refractivity contribution in [3.8, 4) is 5.88 Å². The minimum Gasteiger partial charge on any atom is -0.481 e. The highest BCUT2D eigenvalue weighted by Crippen LogP contribution is 2.34. The van der Waals surface area contributed by atoms with Crippen molar-refractivity contribution >= 4 is 0 Å². The van der Waals surface area contributed by atoms with Crippen molar-refractivity contribution in [2.24, 2.45) is 0 Å². The van der Waals surface area contributed by atoms with Gasteiger partial charge < -0.3 is 4.74 Å². The van der Waals surface area contributed by atoms with E-state index < -0.39 is 0 Å². The summed E-state index contributed by atoms with van der Waals surface area (Å²) >= 11 is 0. The molecular weight excluding hydrogens is 162 g/mol. The summed E-state index contributed by atoms with van der Waals surface area (Å²) in [6, 6.07) is 4.10. The number of rotatable bonds is 2. The first kappa shape index (κ1) is 8.54. The highest BCUT2D eigenvalue weighted by Gasteiger charge is 2.22. The van der Waals surface area contributed by atoms with E-state index >= 15 is 0 Å². The van der Waals surface area contributed by atoms with Gasteiger partial charge in [0.15, 0.2) is 0 Å². The van der Waals surface area contributed by atoms with Crippen LogP contribution < -0.4 is 4.74 Å². The molecule has 2 nitrogen and oxygen atoms in total. The molecular formula is C11H15NO. The van der Waals surface area contributed by atoms with Gasteiger partial charge in [0.05, 0.1) is 12.8 Å². The lowest BCUT2D eigenvalue weighted by molar-refractivity contribution is 0.395. The molecule has 2 rings (SSSR count). The molecule has 0 amide bonds. The van der Waals surface area contributed by atoms with Gasteiger partial charge in [-0.2, -0.15) is 0 Å². The third-order valence-electron chi connectivity index (χ3n) is 2.84. The molecule has 2 heteroatoms. The van der Waals surface area contributed by atoms with E-state index in [0.717, 1.165) is 5.88 Å². The summed E-state index contributed by atoms with van der Waals surface area (Å²) in [4.78, 5) is 4.50. The molecule has 0 N–H and O–H groups in total. The van der Waals surface area contributed by atoms with Crippen LogP contribution in [0.15, 0.2) is 12.1 Å². The van der Waals surface area contributed by atoms with E-state index in [4.69, 9.17) is 4.74 Å². The zero-order chi connectivity index (χ0) is 9.26. The Morgan fingerprint density at radius 2 is 2.38 bits per heavy atom. The maximum Gasteiger partial charge on any atom is 0.213 e. The number of aryl methyl sites for hydroxylation is 1. The van der Waals surface area contributed by atoms with Crippen molar-refractivity contribution in [2.75, 3.05) is 7.11 Å². The smallest absolute Gasteiger partial charge is 0.213 e. The number of methoxy groups -OCH3 is 1. The molecule has 1 aromatic heterocycles. The van der Waals surface area contributed by atoms with Crippen LogP contribution >= 0.6 is 0 Å². The number of hydrogen-bond donors (Lipinski definition) is 0. The average molecular weight is 177 g/mol. The van der Waals surface area contributed by atoms with E-state index in [2.05, 4.69) is 18.0 Å². The van der Waals surface area contributed by atoms with Gasteiger partial charge in [-0.25, -0.2) is 4.98 Å². The van der Waals surface area contributed by atoms with Gasteiger partial charge in [-0.15, -0.1) is 0 Å². The Morgan fingerprint density at radius 1 is 1.54 bits per heavy atom. The van der Waals surface area contributed by atoms with Gasteiger partial charge in [-0.05, 0) is 24.8 Å². The van der Waals surface area contributed by atoms with Crippen LogP contribution in [0.25, 0.3) is 0 Å². The molecule has 1 aliphatic carbocycles. The fraction of sp³-hybridized carbons (Fsp3) is 0.545. The van der Waals surface area contributed by atoms with Gasteiger partial charge in [0, 0.05) is 12.0 Å². The van der Waals surface area contributed by atoms with Gasteiger partial charge in [0.1, 0.15) is 0 Å². The number of pyridine rings is 1. The summed E-state index contributed by atoms with van der Waals surface area (Å²) in [7, 11) is 1.67. The van der Waals surface area contributed by atoms with Gasteiger partial charge in [0.2, 0.25) is 5.88 Å². The number of fused-ring (bicyclic) bond motifs is 1. The Hall–Kier alpha value is -1.05. The van der Waals surface area contributed by atoms with Gasteiger partial charge in [0.25, 0.3) is 0 Å². The molecule has 0 spiro atoms. The molecule has 0 saturated heterocycles. The van der Waals surface area contributed by atoms with Crippen molar-refractivity contribution < 1.29 is 4.74 Å². The van der Waals surface area contributed by atoms with E-state index in [-0.39, 0.29) is 0 Å². The zero-order valence-corrected chi connectivity index (χ0v) is 8.21. The third-order valence-corrected chi connectivity index (χ3v) is 2.84. The topological polar surface area (TPSA) is 22.1 Å². The highest BCUT2D eigenvalue weighted by molar-refractivity contribution is 5.32. The van der Waals surface area contributed by atoms with Crippen LogP contribution in [0.5, 0.6) is 5.88 Å². The molecule has 1 heterocycles. The summed E-state index contributed by atoms with van der Waals surface area (Å²) in [5.41, 5.74) is 2.68. The molecule has 13 heavy (non-hydrogen) atoms. The molecule has 0 unspecified atom stereocenters. The lowest BCUT2D eigenvalue weighted by Gasteiger charge is -2.07. The fourth-order valence-corrected chi connectivity index (χ4v) is 2.03. The Morgan fingerprint density at radius 3 is 3.08 bits per heavy atom. The molecule has 0 radical (unpaired) electrons. The second kappa shape index (κ2) is 3.36. The van der Waals surface area contributed by atoms with E-state index in [0.29, 0.717) is 5.92 Å². The first-order valence-corrected chi connectivity index (χ1v) is 4.89. The maximum absolute atomic E-state index is 5.12. The minimum absolute atomic E-state index is 0.657. The van der Waals surface area contributed by atoms with Gasteiger partial charge >= 0.3 is 0 Å². The molecule has 0 saturated carbocycles. The van der Waals surface area contributed by atoms with E-state index in [9.17, 15) is 0 Å². The number of ether oxygens (including phenoxy) is 1. The Bertz CT molecular complexity index is 309. The molecule has 1 aliphatic rings. The van der Waals surface area contributed by atoms with Crippen LogP contribution in [0.2, 0.25) is 0 Å². The SMILES string of the molecule is CC[C@H]1CCc2ccc(OC)nc21. The molecule has 1 atom stereocenters. The minimum atomic E-state index is 0.657. The predicted molar refractivity (Wildman–Crippen MR) is 52.1 cm³/mol. The van der Waals surface area contributed by atoms with Crippen LogP contribution in [0.1, 0.15) is 36.9 Å². The Balaban J connectivity index is 2.37. The number of aromatic nitrogens is 1. The Kier molecular flexibility index (Phi) is 2.21. The van der Waals surface area contributed by atoms with Crippen molar-refractivity contribution in [1.29, 1.82) is 0 Å². The van der Waals surface area contributed by atoms with Crippen LogP contribution in [0, 0.1) is 0 Å². The van der Waals surface area contributed by atoms with Crippen molar-refractivity contribution in [1.82, 2.24) is 4.98 Å². The van der Waals surface area contributed by atoms with Crippen LogP contribution in [0.3, 0.4) is 0 Å². The van der Waals surface area contributed by atoms with E-state index in [1.807, 2.05) is 6.07 Å². The summed E-state index contributed by atoms with van der Waals surface area (Å²) < 4.78 is 5.12. The quantitative estimate of drug-likeness (QED) is 0.692. The van der Waals surface area contributed by atoms with Crippen molar-refractivity contribution in [3.63, 3.8) is 0 Å². The lowest BCUT2D eigenvalue weighted by Crippen LogP contribution is -1.97. The molecule has 0 bridgehead atoms.